The summed E-state index contributed by atoms with van der Waals surface area (Å²) in [6, 6.07) is 9.15. The van der Waals surface area contributed by atoms with E-state index in [-0.39, 0.29) is 0 Å². The Hall–Kier alpha value is -2.47. The Bertz CT molecular complexity index is 769. The van der Waals surface area contributed by atoms with Gasteiger partial charge >= 0.3 is 0 Å². The average molecular weight is 362 g/mol. The zero-order valence-corrected chi connectivity index (χ0v) is 15.5. The lowest BCUT2D eigenvalue weighted by Gasteiger charge is -2.22. The molecule has 3 N–H and O–H groups in total. The SMILES string of the molecule is CCNC(=NCc1cccc(C(N)=O)c1)N(C)Cc1cc(Cl)cn1C. The summed E-state index contributed by atoms with van der Waals surface area (Å²) < 4.78 is 2.00. The van der Waals surface area contributed by atoms with Gasteiger partial charge in [0, 0.05) is 38.1 Å². The minimum Gasteiger partial charge on any atom is -0.366 e. The fourth-order valence-electron chi connectivity index (χ4n) is 2.50. The third kappa shape index (κ3) is 5.26. The Kier molecular flexibility index (Phi) is 6.47. The van der Waals surface area contributed by atoms with Crippen molar-refractivity contribution in [2.75, 3.05) is 13.6 Å². The fourth-order valence-corrected chi connectivity index (χ4v) is 2.77. The van der Waals surface area contributed by atoms with Crippen molar-refractivity contribution in [2.45, 2.75) is 20.0 Å². The summed E-state index contributed by atoms with van der Waals surface area (Å²) in [6.07, 6.45) is 1.88. The molecule has 134 valence electrons. The van der Waals surface area contributed by atoms with Crippen LogP contribution in [0, 0.1) is 0 Å². The molecule has 0 saturated heterocycles. The first-order chi connectivity index (χ1) is 11.9. The number of hydrogen-bond donors (Lipinski definition) is 2. The molecule has 1 heterocycles. The first kappa shape index (κ1) is 18.9. The molecule has 7 heteroatoms. The maximum absolute atomic E-state index is 11.3. The molecule has 25 heavy (non-hydrogen) atoms. The molecule has 0 unspecified atom stereocenters. The van der Waals surface area contributed by atoms with E-state index in [1.165, 1.54) is 0 Å². The monoisotopic (exact) mass is 361 g/mol. The average Bonchev–Trinajstić information content (AvgIpc) is 2.88. The molecule has 2 aromatic rings. The molecule has 0 aliphatic heterocycles. The number of rotatable bonds is 6. The van der Waals surface area contributed by atoms with Gasteiger partial charge in [-0.05, 0) is 30.7 Å². The van der Waals surface area contributed by atoms with Crippen LogP contribution in [0.3, 0.4) is 0 Å². The molecule has 0 spiro atoms. The van der Waals surface area contributed by atoms with Crippen LogP contribution in [-0.4, -0.2) is 34.9 Å². The number of benzene rings is 1. The lowest BCUT2D eigenvalue weighted by Crippen LogP contribution is -2.38. The Morgan fingerprint density at radius 3 is 2.76 bits per heavy atom. The van der Waals surface area contributed by atoms with E-state index in [1.54, 1.807) is 12.1 Å². The number of aryl methyl sites for hydroxylation is 1. The van der Waals surface area contributed by atoms with Crippen LogP contribution in [0.15, 0.2) is 41.5 Å². The Balaban J connectivity index is 2.13. The van der Waals surface area contributed by atoms with E-state index in [4.69, 9.17) is 17.3 Å². The predicted molar refractivity (Wildman–Crippen MR) is 102 cm³/mol. The van der Waals surface area contributed by atoms with Gasteiger partial charge in [-0.1, -0.05) is 23.7 Å². The number of aromatic nitrogens is 1. The quantitative estimate of drug-likeness (QED) is 0.612. The molecule has 0 aliphatic carbocycles. The number of carbonyl (C=O) groups excluding carboxylic acids is 1. The molecule has 1 amide bonds. The van der Waals surface area contributed by atoms with E-state index in [9.17, 15) is 4.79 Å². The minimum absolute atomic E-state index is 0.435. The second-order valence-electron chi connectivity index (χ2n) is 5.85. The molecule has 6 nitrogen and oxygen atoms in total. The lowest BCUT2D eigenvalue weighted by atomic mass is 10.1. The van der Waals surface area contributed by atoms with Gasteiger partial charge in [-0.2, -0.15) is 0 Å². The third-order valence-electron chi connectivity index (χ3n) is 3.79. The van der Waals surface area contributed by atoms with Crippen molar-refractivity contribution < 1.29 is 4.79 Å². The van der Waals surface area contributed by atoms with Crippen molar-refractivity contribution in [1.29, 1.82) is 0 Å². The van der Waals surface area contributed by atoms with Crippen LogP contribution in [0.25, 0.3) is 0 Å². The standard InChI is InChI=1S/C18H24ClN5O/c1-4-21-18(24(3)12-16-9-15(19)11-23(16)2)22-10-13-6-5-7-14(8-13)17(20)25/h5-9,11H,4,10,12H2,1-3H3,(H2,20,25)(H,21,22). The van der Waals surface area contributed by atoms with E-state index in [0.717, 1.165) is 28.8 Å². The molecule has 1 aromatic carbocycles. The van der Waals surface area contributed by atoms with Gasteiger partial charge in [0.2, 0.25) is 5.91 Å². The maximum Gasteiger partial charge on any atom is 0.248 e. The van der Waals surface area contributed by atoms with Gasteiger partial charge in [-0.25, -0.2) is 4.99 Å². The first-order valence-corrected chi connectivity index (χ1v) is 8.47. The van der Waals surface area contributed by atoms with E-state index in [1.807, 2.05) is 54.9 Å². The van der Waals surface area contributed by atoms with E-state index >= 15 is 0 Å². The van der Waals surface area contributed by atoms with E-state index in [2.05, 4.69) is 10.3 Å². The molecule has 0 aliphatic rings. The highest BCUT2D eigenvalue weighted by Crippen LogP contribution is 2.14. The number of carbonyl (C=O) groups is 1. The van der Waals surface area contributed by atoms with Gasteiger partial charge < -0.3 is 20.5 Å². The van der Waals surface area contributed by atoms with Crippen molar-refractivity contribution in [3.8, 4) is 0 Å². The van der Waals surface area contributed by atoms with Crippen LogP contribution >= 0.6 is 11.6 Å². The van der Waals surface area contributed by atoms with E-state index in [0.29, 0.717) is 18.7 Å². The predicted octanol–water partition coefficient (Wildman–Crippen LogP) is 2.37. The van der Waals surface area contributed by atoms with Crippen molar-refractivity contribution in [2.24, 2.45) is 17.8 Å². The van der Waals surface area contributed by atoms with Crippen molar-refractivity contribution in [3.05, 3.63) is 58.4 Å². The number of primary amides is 1. The third-order valence-corrected chi connectivity index (χ3v) is 4.00. The second kappa shape index (κ2) is 8.58. The number of nitrogens with one attached hydrogen (secondary N) is 1. The summed E-state index contributed by atoms with van der Waals surface area (Å²) in [4.78, 5) is 18.0. The smallest absolute Gasteiger partial charge is 0.248 e. The van der Waals surface area contributed by atoms with Crippen molar-refractivity contribution in [3.63, 3.8) is 0 Å². The summed E-state index contributed by atoms with van der Waals surface area (Å²) in [5, 5.41) is 4.00. The maximum atomic E-state index is 11.3. The Labute approximate surface area is 153 Å². The number of aliphatic imine (C=N–C) groups is 1. The highest BCUT2D eigenvalue weighted by Gasteiger charge is 2.10. The molecule has 0 radical (unpaired) electrons. The van der Waals surface area contributed by atoms with Gasteiger partial charge in [0.1, 0.15) is 0 Å². The zero-order valence-electron chi connectivity index (χ0n) is 14.8. The molecule has 0 saturated carbocycles. The molecule has 0 bridgehead atoms. The number of amides is 1. The van der Waals surface area contributed by atoms with E-state index < -0.39 is 5.91 Å². The van der Waals surface area contributed by atoms with Gasteiger partial charge in [-0.3, -0.25) is 4.79 Å². The number of guanidine groups is 1. The highest BCUT2D eigenvalue weighted by atomic mass is 35.5. The molecule has 2 rings (SSSR count). The Morgan fingerprint density at radius 1 is 1.40 bits per heavy atom. The Morgan fingerprint density at radius 2 is 2.16 bits per heavy atom. The lowest BCUT2D eigenvalue weighted by molar-refractivity contribution is 0.1000. The molecule has 0 atom stereocenters. The van der Waals surface area contributed by atoms with Crippen molar-refractivity contribution in [1.82, 2.24) is 14.8 Å². The highest BCUT2D eigenvalue weighted by molar-refractivity contribution is 6.30. The summed E-state index contributed by atoms with van der Waals surface area (Å²) in [5.74, 6) is 0.347. The number of nitrogens with zero attached hydrogens (tertiary/aromatic N) is 3. The van der Waals surface area contributed by atoms with Crippen LogP contribution in [0.2, 0.25) is 5.02 Å². The number of halogens is 1. The number of hydrogen-bond acceptors (Lipinski definition) is 2. The van der Waals surface area contributed by atoms with Crippen LogP contribution < -0.4 is 11.1 Å². The zero-order chi connectivity index (χ0) is 18.4. The topological polar surface area (TPSA) is 75.6 Å². The van der Waals surface area contributed by atoms with Gasteiger partial charge in [0.25, 0.3) is 0 Å². The molecular weight excluding hydrogens is 338 g/mol. The summed E-state index contributed by atoms with van der Waals surface area (Å²) >= 11 is 6.05. The summed E-state index contributed by atoms with van der Waals surface area (Å²) in [5.41, 5.74) is 7.84. The van der Waals surface area contributed by atoms with Gasteiger partial charge in [0.15, 0.2) is 5.96 Å². The van der Waals surface area contributed by atoms with Crippen LogP contribution in [-0.2, 0) is 20.1 Å². The van der Waals surface area contributed by atoms with Gasteiger partial charge in [-0.15, -0.1) is 0 Å². The summed E-state index contributed by atoms with van der Waals surface area (Å²) in [6.45, 7) is 3.92. The van der Waals surface area contributed by atoms with Crippen LogP contribution in [0.5, 0.6) is 0 Å². The first-order valence-electron chi connectivity index (χ1n) is 8.09. The summed E-state index contributed by atoms with van der Waals surface area (Å²) in [7, 11) is 3.94. The number of nitrogens with two attached hydrogens (primary N) is 1. The second-order valence-corrected chi connectivity index (χ2v) is 6.29. The molecule has 0 fully saturated rings. The molecular formula is C18H24ClN5O. The minimum atomic E-state index is -0.435. The fraction of sp³-hybridized carbons (Fsp3) is 0.333. The largest absolute Gasteiger partial charge is 0.366 e. The van der Waals surface area contributed by atoms with Crippen LogP contribution in [0.1, 0.15) is 28.5 Å². The van der Waals surface area contributed by atoms with Gasteiger partial charge in [0.05, 0.1) is 18.1 Å². The molecule has 1 aromatic heterocycles. The van der Waals surface area contributed by atoms with Crippen molar-refractivity contribution >= 4 is 23.5 Å². The normalized spacial score (nSPS) is 11.4. The van der Waals surface area contributed by atoms with Crippen LogP contribution in [0.4, 0.5) is 0 Å².